The molecular weight excluding hydrogens is 513 g/mol. The SMILES string of the molecule is Cc1cc(-c2ccc(C(=O)O)c(Oc3ccc(F)cc3)c2)cc(C)c1OCCN[C@H](C)[C@H](O)c1ccc(O)cc1. The number of carboxylic acids is 1. The van der Waals surface area contributed by atoms with E-state index in [1.165, 1.54) is 30.3 Å². The first-order chi connectivity index (χ1) is 19.1. The van der Waals surface area contributed by atoms with Gasteiger partial charge in [0.1, 0.15) is 41.0 Å². The molecule has 4 N–H and O–H groups in total. The van der Waals surface area contributed by atoms with Crippen LogP contribution in [0.25, 0.3) is 11.1 Å². The third-order valence-electron chi connectivity index (χ3n) is 6.57. The largest absolute Gasteiger partial charge is 0.508 e. The molecule has 40 heavy (non-hydrogen) atoms. The van der Waals surface area contributed by atoms with Gasteiger partial charge in [-0.25, -0.2) is 9.18 Å². The van der Waals surface area contributed by atoms with Crippen LogP contribution in [0.3, 0.4) is 0 Å². The second-order valence-corrected chi connectivity index (χ2v) is 9.64. The summed E-state index contributed by atoms with van der Waals surface area (Å²) in [6.45, 7) is 6.66. The number of hydrogen-bond donors (Lipinski definition) is 4. The van der Waals surface area contributed by atoms with Crippen LogP contribution in [0.2, 0.25) is 0 Å². The molecule has 4 rings (SSSR count). The fourth-order valence-electron chi connectivity index (χ4n) is 4.45. The molecule has 8 heteroatoms. The lowest BCUT2D eigenvalue weighted by Crippen LogP contribution is -2.35. The summed E-state index contributed by atoms with van der Waals surface area (Å²) in [5.74, 6) is -0.152. The van der Waals surface area contributed by atoms with Crippen molar-refractivity contribution in [2.75, 3.05) is 13.2 Å². The molecule has 7 nitrogen and oxygen atoms in total. The minimum atomic E-state index is -1.13. The van der Waals surface area contributed by atoms with E-state index in [1.807, 2.05) is 32.9 Å². The average Bonchev–Trinajstić information content (AvgIpc) is 2.93. The van der Waals surface area contributed by atoms with Crippen LogP contribution in [-0.2, 0) is 0 Å². The number of hydrogen-bond acceptors (Lipinski definition) is 6. The van der Waals surface area contributed by atoms with Gasteiger partial charge in [0.05, 0.1) is 6.10 Å². The number of carboxylic acid groups (broad SMARTS) is 1. The number of aryl methyl sites for hydroxylation is 2. The third kappa shape index (κ3) is 6.97. The normalized spacial score (nSPS) is 12.5. The average molecular weight is 546 g/mol. The zero-order valence-corrected chi connectivity index (χ0v) is 22.5. The highest BCUT2D eigenvalue weighted by atomic mass is 19.1. The van der Waals surface area contributed by atoms with Crippen LogP contribution in [0, 0.1) is 19.7 Å². The number of nitrogens with one attached hydrogen (secondary N) is 1. The summed E-state index contributed by atoms with van der Waals surface area (Å²) in [4.78, 5) is 11.8. The molecule has 0 saturated heterocycles. The lowest BCUT2D eigenvalue weighted by atomic mass is 9.98. The highest BCUT2D eigenvalue weighted by Crippen LogP contribution is 2.34. The van der Waals surface area contributed by atoms with Gasteiger partial charge in [0.15, 0.2) is 0 Å². The van der Waals surface area contributed by atoms with E-state index in [1.54, 1.807) is 36.4 Å². The Hall–Kier alpha value is -4.40. The van der Waals surface area contributed by atoms with E-state index in [2.05, 4.69) is 5.32 Å². The zero-order chi connectivity index (χ0) is 28.8. The molecule has 0 fully saturated rings. The molecule has 2 atom stereocenters. The first kappa shape index (κ1) is 28.6. The van der Waals surface area contributed by atoms with Crippen molar-refractivity contribution in [3.63, 3.8) is 0 Å². The van der Waals surface area contributed by atoms with Crippen molar-refractivity contribution in [2.24, 2.45) is 0 Å². The maximum atomic E-state index is 13.3. The number of halogens is 1. The number of ether oxygens (including phenoxy) is 2. The summed E-state index contributed by atoms with van der Waals surface area (Å²) in [6, 6.07) is 20.4. The maximum Gasteiger partial charge on any atom is 0.339 e. The second kappa shape index (κ2) is 12.6. The molecule has 0 unspecified atom stereocenters. The lowest BCUT2D eigenvalue weighted by Gasteiger charge is -2.21. The quantitative estimate of drug-likeness (QED) is 0.162. The number of phenols is 1. The van der Waals surface area contributed by atoms with Gasteiger partial charge in [-0.05, 0) is 109 Å². The number of aliphatic hydroxyl groups excluding tert-OH is 1. The topological polar surface area (TPSA) is 108 Å². The number of benzene rings is 4. The van der Waals surface area contributed by atoms with Crippen LogP contribution < -0.4 is 14.8 Å². The Morgan fingerprint density at radius 2 is 1.57 bits per heavy atom. The van der Waals surface area contributed by atoms with Gasteiger partial charge in [0.25, 0.3) is 0 Å². The molecule has 0 heterocycles. The van der Waals surface area contributed by atoms with Gasteiger partial charge in [-0.2, -0.15) is 0 Å². The fraction of sp³-hybridized carbons (Fsp3) is 0.219. The van der Waals surface area contributed by atoms with Crippen LogP contribution in [0.4, 0.5) is 4.39 Å². The lowest BCUT2D eigenvalue weighted by molar-refractivity contribution is 0.0694. The van der Waals surface area contributed by atoms with Crippen LogP contribution in [0.1, 0.15) is 40.1 Å². The Kier molecular flexibility index (Phi) is 9.04. The number of carbonyl (C=O) groups is 1. The van der Waals surface area contributed by atoms with Gasteiger partial charge in [0, 0.05) is 12.6 Å². The van der Waals surface area contributed by atoms with Gasteiger partial charge in [-0.1, -0.05) is 18.2 Å². The van der Waals surface area contributed by atoms with Crippen molar-refractivity contribution in [3.8, 4) is 34.1 Å². The molecule has 4 aromatic carbocycles. The fourth-order valence-corrected chi connectivity index (χ4v) is 4.45. The van der Waals surface area contributed by atoms with Crippen LogP contribution in [0.5, 0.6) is 23.0 Å². The Labute approximate surface area is 232 Å². The van der Waals surface area contributed by atoms with Crippen molar-refractivity contribution in [1.29, 1.82) is 0 Å². The van der Waals surface area contributed by atoms with Crippen LogP contribution in [0.15, 0.2) is 78.9 Å². The molecule has 0 bridgehead atoms. The summed E-state index contributed by atoms with van der Waals surface area (Å²) < 4.78 is 25.1. The van der Waals surface area contributed by atoms with Crippen molar-refractivity contribution in [2.45, 2.75) is 32.9 Å². The Bertz CT molecular complexity index is 1450. The monoisotopic (exact) mass is 545 g/mol. The molecule has 0 radical (unpaired) electrons. The van der Waals surface area contributed by atoms with E-state index in [0.717, 1.165) is 28.0 Å². The summed E-state index contributed by atoms with van der Waals surface area (Å²) >= 11 is 0. The molecule has 208 valence electrons. The second-order valence-electron chi connectivity index (χ2n) is 9.64. The van der Waals surface area contributed by atoms with Gasteiger partial charge < -0.3 is 30.1 Å². The minimum Gasteiger partial charge on any atom is -0.508 e. The summed E-state index contributed by atoms with van der Waals surface area (Å²) in [5, 5.41) is 32.9. The Morgan fingerprint density at radius 3 is 2.20 bits per heavy atom. The van der Waals surface area contributed by atoms with E-state index in [0.29, 0.717) is 24.5 Å². The molecule has 0 spiro atoms. The van der Waals surface area contributed by atoms with Crippen molar-refractivity contribution >= 4 is 5.97 Å². The Morgan fingerprint density at radius 1 is 0.925 bits per heavy atom. The molecular formula is C32H32FNO6. The van der Waals surface area contributed by atoms with Crippen molar-refractivity contribution in [1.82, 2.24) is 5.32 Å². The van der Waals surface area contributed by atoms with Crippen LogP contribution in [-0.4, -0.2) is 40.5 Å². The van der Waals surface area contributed by atoms with Gasteiger partial charge in [-0.3, -0.25) is 0 Å². The standard InChI is InChI=1S/C32H32FNO6/c1-19-16-24(23-6-13-28(32(37)38)29(18-23)40-27-11-7-25(33)8-12-27)17-20(2)31(19)39-15-14-34-21(3)30(36)22-4-9-26(35)10-5-22/h4-13,16-18,21,30,34-36H,14-15H2,1-3H3,(H,37,38)/t21-,30+/m1/s1. The molecule has 0 aliphatic rings. The van der Waals surface area contributed by atoms with Crippen molar-refractivity contribution in [3.05, 3.63) is 107 Å². The van der Waals surface area contributed by atoms with E-state index in [-0.39, 0.29) is 23.1 Å². The predicted molar refractivity (Wildman–Crippen MR) is 151 cm³/mol. The van der Waals surface area contributed by atoms with Gasteiger partial charge in [-0.15, -0.1) is 0 Å². The number of aliphatic hydroxyl groups is 1. The summed E-state index contributed by atoms with van der Waals surface area (Å²) in [6.07, 6.45) is -0.729. The molecule has 0 amide bonds. The molecule has 0 aromatic heterocycles. The smallest absolute Gasteiger partial charge is 0.339 e. The third-order valence-corrected chi connectivity index (χ3v) is 6.57. The zero-order valence-electron chi connectivity index (χ0n) is 22.5. The predicted octanol–water partition coefficient (Wildman–Crippen LogP) is 6.40. The molecule has 0 aliphatic heterocycles. The highest BCUT2D eigenvalue weighted by Gasteiger charge is 2.17. The first-order valence-electron chi connectivity index (χ1n) is 12.9. The number of rotatable bonds is 11. The van der Waals surface area contributed by atoms with Gasteiger partial charge in [0.2, 0.25) is 0 Å². The van der Waals surface area contributed by atoms with Crippen LogP contribution >= 0.6 is 0 Å². The van der Waals surface area contributed by atoms with Crippen molar-refractivity contribution < 1.29 is 34.0 Å². The maximum absolute atomic E-state index is 13.3. The molecule has 0 saturated carbocycles. The van der Waals surface area contributed by atoms with E-state index < -0.39 is 17.9 Å². The molecule has 0 aliphatic carbocycles. The first-order valence-corrected chi connectivity index (χ1v) is 12.9. The number of aromatic hydroxyl groups is 1. The van der Waals surface area contributed by atoms with E-state index in [9.17, 15) is 24.5 Å². The Balaban J connectivity index is 1.43. The summed E-state index contributed by atoms with van der Waals surface area (Å²) in [7, 11) is 0. The minimum absolute atomic E-state index is 0.00118. The highest BCUT2D eigenvalue weighted by molar-refractivity contribution is 5.92. The van der Waals surface area contributed by atoms with E-state index in [4.69, 9.17) is 9.47 Å². The van der Waals surface area contributed by atoms with Gasteiger partial charge >= 0.3 is 5.97 Å². The number of phenolic OH excluding ortho intramolecular Hbond substituents is 1. The number of aromatic carboxylic acids is 1. The molecule has 4 aromatic rings. The van der Waals surface area contributed by atoms with E-state index >= 15 is 0 Å². The summed E-state index contributed by atoms with van der Waals surface area (Å²) in [5.41, 5.74) is 4.17.